The van der Waals surface area contributed by atoms with Gasteiger partial charge in [-0.1, -0.05) is 52.7 Å². The van der Waals surface area contributed by atoms with Crippen LogP contribution in [0.5, 0.6) is 11.5 Å². The molecule has 3 atom stereocenters. The second kappa shape index (κ2) is 4.39. The van der Waals surface area contributed by atoms with E-state index < -0.39 is 0 Å². The van der Waals surface area contributed by atoms with Gasteiger partial charge in [0.2, 0.25) is 0 Å². The molecular formula is C22H30O2. The summed E-state index contributed by atoms with van der Waals surface area (Å²) in [5.41, 5.74) is 4.60. The first-order chi connectivity index (χ1) is 11.1. The Morgan fingerprint density at radius 1 is 0.833 bits per heavy atom. The van der Waals surface area contributed by atoms with Gasteiger partial charge in [0.05, 0.1) is 0 Å². The normalized spacial score (nSPS) is 39.6. The molecule has 1 aromatic rings. The molecule has 2 saturated carbocycles. The number of aromatic hydroxyl groups is 2. The molecule has 3 aliphatic carbocycles. The first-order valence-electron chi connectivity index (χ1n) is 9.34. The zero-order valence-electron chi connectivity index (χ0n) is 15.7. The van der Waals surface area contributed by atoms with Crippen molar-refractivity contribution in [2.24, 2.45) is 16.2 Å². The lowest BCUT2D eigenvalue weighted by Gasteiger charge is -2.65. The molecule has 2 N–H and O–H groups in total. The summed E-state index contributed by atoms with van der Waals surface area (Å²) in [6.07, 6.45) is 8.47. The Bertz CT molecular complexity index is 759. The SMILES string of the molecule is CC12CCC3(C)C(C)(C)CCCC3(C)C1=Cc1cc(O)c(O)cc12. The highest BCUT2D eigenvalue weighted by Gasteiger charge is 2.63. The predicted octanol–water partition coefficient (Wildman–Crippen LogP) is 5.77. The average molecular weight is 326 g/mol. The largest absolute Gasteiger partial charge is 0.504 e. The van der Waals surface area contributed by atoms with E-state index in [1.165, 1.54) is 36.8 Å². The van der Waals surface area contributed by atoms with Gasteiger partial charge >= 0.3 is 0 Å². The Morgan fingerprint density at radius 2 is 1.50 bits per heavy atom. The second-order valence-corrected chi connectivity index (χ2v) is 9.72. The van der Waals surface area contributed by atoms with Gasteiger partial charge in [0.1, 0.15) is 0 Å². The highest BCUT2D eigenvalue weighted by Crippen LogP contribution is 2.72. The molecule has 0 saturated heterocycles. The van der Waals surface area contributed by atoms with Crippen LogP contribution in [0.4, 0.5) is 0 Å². The van der Waals surface area contributed by atoms with E-state index >= 15 is 0 Å². The zero-order chi connectivity index (χ0) is 17.5. The van der Waals surface area contributed by atoms with Crippen molar-refractivity contribution in [2.75, 3.05) is 0 Å². The lowest BCUT2D eigenvalue weighted by Crippen LogP contribution is -2.57. The van der Waals surface area contributed by atoms with Crippen molar-refractivity contribution >= 4 is 6.08 Å². The third kappa shape index (κ3) is 1.63. The topological polar surface area (TPSA) is 40.5 Å². The minimum atomic E-state index is -0.0117. The summed E-state index contributed by atoms with van der Waals surface area (Å²) in [7, 11) is 0. The van der Waals surface area contributed by atoms with Crippen LogP contribution in [-0.2, 0) is 5.41 Å². The first kappa shape index (κ1) is 16.1. The lowest BCUT2D eigenvalue weighted by atomic mass is 9.39. The lowest BCUT2D eigenvalue weighted by molar-refractivity contribution is -0.100. The molecule has 2 fully saturated rings. The Kier molecular flexibility index (Phi) is 2.94. The van der Waals surface area contributed by atoms with Crippen LogP contribution in [0, 0.1) is 16.2 Å². The van der Waals surface area contributed by atoms with Gasteiger partial charge in [-0.05, 0) is 65.2 Å². The molecule has 0 spiro atoms. The van der Waals surface area contributed by atoms with E-state index in [1.54, 1.807) is 12.1 Å². The van der Waals surface area contributed by atoms with Crippen molar-refractivity contribution in [3.8, 4) is 11.5 Å². The standard InChI is InChI=1S/C22H30O2/c1-19(2)7-6-8-21(4)18-12-14-11-16(23)17(24)13-15(14)20(18,3)9-10-22(19,21)5/h11-13,23-24H,6-10H2,1-5H3. The van der Waals surface area contributed by atoms with Gasteiger partial charge in [-0.3, -0.25) is 0 Å². The molecule has 2 heteroatoms. The quantitative estimate of drug-likeness (QED) is 0.594. The van der Waals surface area contributed by atoms with Gasteiger partial charge in [-0.2, -0.15) is 0 Å². The Hall–Kier alpha value is -1.44. The molecular weight excluding hydrogens is 296 g/mol. The number of phenolic OH excluding ortho intramolecular Hbond substituents is 2. The Morgan fingerprint density at radius 3 is 2.21 bits per heavy atom. The van der Waals surface area contributed by atoms with Crippen molar-refractivity contribution < 1.29 is 10.2 Å². The predicted molar refractivity (Wildman–Crippen MR) is 98.2 cm³/mol. The number of rotatable bonds is 0. The van der Waals surface area contributed by atoms with Crippen molar-refractivity contribution in [1.29, 1.82) is 0 Å². The fourth-order valence-corrected chi connectivity index (χ4v) is 6.42. The molecule has 0 amide bonds. The number of hydrogen-bond donors (Lipinski definition) is 2. The van der Waals surface area contributed by atoms with Gasteiger partial charge in [0.15, 0.2) is 11.5 Å². The summed E-state index contributed by atoms with van der Waals surface area (Å²) in [6.45, 7) is 12.2. The Balaban J connectivity index is 1.93. The number of hydrogen-bond acceptors (Lipinski definition) is 2. The zero-order valence-corrected chi connectivity index (χ0v) is 15.7. The molecule has 24 heavy (non-hydrogen) atoms. The van der Waals surface area contributed by atoms with Crippen LogP contribution in [0.3, 0.4) is 0 Å². The van der Waals surface area contributed by atoms with Crippen molar-refractivity contribution in [2.45, 2.75) is 72.1 Å². The molecule has 0 heterocycles. The summed E-state index contributed by atoms with van der Waals surface area (Å²) in [5.74, 6) is -0.00294. The molecule has 0 bridgehead atoms. The van der Waals surface area contributed by atoms with Gasteiger partial charge in [0, 0.05) is 5.41 Å². The molecule has 1 aromatic carbocycles. The van der Waals surface area contributed by atoms with E-state index in [2.05, 4.69) is 40.7 Å². The summed E-state index contributed by atoms with van der Waals surface area (Å²) in [6, 6.07) is 3.55. The fourth-order valence-electron chi connectivity index (χ4n) is 6.42. The molecule has 0 aliphatic heterocycles. The highest BCUT2D eigenvalue weighted by molar-refractivity contribution is 5.74. The van der Waals surface area contributed by atoms with Crippen molar-refractivity contribution in [3.05, 3.63) is 28.8 Å². The van der Waals surface area contributed by atoms with Gasteiger partial charge < -0.3 is 10.2 Å². The third-order valence-electron chi connectivity index (χ3n) is 8.55. The van der Waals surface area contributed by atoms with E-state index in [0.29, 0.717) is 5.41 Å². The van der Waals surface area contributed by atoms with E-state index in [1.807, 2.05) is 0 Å². The van der Waals surface area contributed by atoms with Crippen LogP contribution in [0.15, 0.2) is 17.7 Å². The first-order valence-corrected chi connectivity index (χ1v) is 9.34. The van der Waals surface area contributed by atoms with Gasteiger partial charge in [-0.25, -0.2) is 0 Å². The van der Waals surface area contributed by atoms with Crippen molar-refractivity contribution in [1.82, 2.24) is 0 Å². The highest BCUT2D eigenvalue weighted by atomic mass is 16.3. The monoisotopic (exact) mass is 326 g/mol. The molecule has 0 aromatic heterocycles. The maximum atomic E-state index is 10.0. The smallest absolute Gasteiger partial charge is 0.158 e. The van der Waals surface area contributed by atoms with Gasteiger partial charge in [0.25, 0.3) is 0 Å². The van der Waals surface area contributed by atoms with Gasteiger partial charge in [-0.15, -0.1) is 0 Å². The van der Waals surface area contributed by atoms with E-state index in [0.717, 1.165) is 12.0 Å². The van der Waals surface area contributed by atoms with Crippen LogP contribution >= 0.6 is 0 Å². The van der Waals surface area contributed by atoms with Crippen LogP contribution in [0.1, 0.15) is 77.8 Å². The third-order valence-corrected chi connectivity index (χ3v) is 8.55. The second-order valence-electron chi connectivity index (χ2n) is 9.72. The maximum absolute atomic E-state index is 10.0. The average Bonchev–Trinajstić information content (AvgIpc) is 2.77. The minimum Gasteiger partial charge on any atom is -0.504 e. The van der Waals surface area contributed by atoms with E-state index in [9.17, 15) is 10.2 Å². The molecule has 130 valence electrons. The summed E-state index contributed by atoms with van der Waals surface area (Å²) in [5, 5.41) is 20.0. The van der Waals surface area contributed by atoms with Crippen LogP contribution in [-0.4, -0.2) is 10.2 Å². The molecule has 3 aliphatic rings. The summed E-state index contributed by atoms with van der Waals surface area (Å²) < 4.78 is 0. The number of benzene rings is 1. The molecule has 0 radical (unpaired) electrons. The van der Waals surface area contributed by atoms with E-state index in [-0.39, 0.29) is 27.7 Å². The number of phenols is 2. The maximum Gasteiger partial charge on any atom is 0.158 e. The molecule has 3 unspecified atom stereocenters. The number of fused-ring (bicyclic) bond motifs is 5. The summed E-state index contributed by atoms with van der Waals surface area (Å²) in [4.78, 5) is 0. The molecule has 4 rings (SSSR count). The van der Waals surface area contributed by atoms with Crippen molar-refractivity contribution in [3.63, 3.8) is 0 Å². The number of allylic oxidation sites excluding steroid dienone is 1. The minimum absolute atomic E-state index is 0.00656. The molecule has 2 nitrogen and oxygen atoms in total. The van der Waals surface area contributed by atoms with E-state index in [4.69, 9.17) is 0 Å². The fraction of sp³-hybridized carbons (Fsp3) is 0.636. The van der Waals surface area contributed by atoms with Crippen LogP contribution < -0.4 is 0 Å². The van der Waals surface area contributed by atoms with Crippen LogP contribution in [0.25, 0.3) is 6.08 Å². The van der Waals surface area contributed by atoms with Crippen LogP contribution in [0.2, 0.25) is 0 Å². The summed E-state index contributed by atoms with van der Waals surface area (Å²) >= 11 is 0. The Labute approximate surface area is 145 Å².